The molecule has 1 aliphatic heterocycles. The molecule has 0 aromatic heterocycles. The molecule has 1 N–H and O–H groups in total. The number of carboxylic acids is 1. The summed E-state index contributed by atoms with van der Waals surface area (Å²) in [5.41, 5.74) is 4.00. The van der Waals surface area contributed by atoms with Crippen LogP contribution in [0.5, 0.6) is 5.75 Å². The topological polar surface area (TPSA) is 66.8 Å². The number of carboxylic acid groups (broad SMARTS) is 1. The Morgan fingerprint density at radius 2 is 1.62 bits per heavy atom. The van der Waals surface area contributed by atoms with Crippen molar-refractivity contribution in [3.63, 3.8) is 0 Å². The molecule has 0 amide bonds. The second-order valence-corrected chi connectivity index (χ2v) is 10.5. The average molecular weight is 528 g/mol. The van der Waals surface area contributed by atoms with Crippen molar-refractivity contribution in [2.75, 3.05) is 19.3 Å². The predicted molar refractivity (Wildman–Crippen MR) is 156 cm³/mol. The number of ketones is 1. The van der Waals surface area contributed by atoms with Gasteiger partial charge in [-0.1, -0.05) is 49.8 Å². The van der Waals surface area contributed by atoms with E-state index in [2.05, 4.69) is 17.9 Å². The summed E-state index contributed by atoms with van der Waals surface area (Å²) >= 11 is 1.70. The molecule has 1 unspecified atom stereocenters. The molecule has 0 saturated carbocycles. The van der Waals surface area contributed by atoms with E-state index in [-0.39, 0.29) is 5.92 Å². The van der Waals surface area contributed by atoms with E-state index in [1.807, 2.05) is 84.2 Å². The van der Waals surface area contributed by atoms with Crippen LogP contribution in [0.4, 0.5) is 0 Å². The first-order valence-corrected chi connectivity index (χ1v) is 14.2. The maximum absolute atomic E-state index is 12.5. The van der Waals surface area contributed by atoms with Crippen molar-refractivity contribution in [3.8, 4) is 5.75 Å². The number of thioether (sulfide) groups is 1. The minimum Gasteiger partial charge on any atom is -0.478 e. The molecule has 1 fully saturated rings. The number of Topliss-reactive ketones (excluding diaryl/α,β-unsaturated/α-hetero) is 1. The highest BCUT2D eigenvalue weighted by atomic mass is 32.2. The van der Waals surface area contributed by atoms with Gasteiger partial charge in [-0.2, -0.15) is 0 Å². The van der Waals surface area contributed by atoms with E-state index in [0.29, 0.717) is 11.5 Å². The van der Waals surface area contributed by atoms with E-state index in [4.69, 9.17) is 9.84 Å². The Labute approximate surface area is 228 Å². The van der Waals surface area contributed by atoms with Crippen LogP contribution in [0.2, 0.25) is 0 Å². The number of allylic oxidation sites excluding steroid dienone is 2. The van der Waals surface area contributed by atoms with Crippen molar-refractivity contribution in [1.82, 2.24) is 4.90 Å². The summed E-state index contributed by atoms with van der Waals surface area (Å²) in [6.45, 7) is 19.0. The molecular weight excluding hydrogens is 482 g/mol. The number of rotatable bonds is 7. The first kappa shape index (κ1) is 32.3. The zero-order valence-corrected chi connectivity index (χ0v) is 25.1. The van der Waals surface area contributed by atoms with E-state index in [1.165, 1.54) is 10.6 Å². The average Bonchev–Trinajstić information content (AvgIpc) is 3.37. The predicted octanol–water partition coefficient (Wildman–Crippen LogP) is 7.72. The first-order valence-electron chi connectivity index (χ1n) is 13.0. The molecule has 6 heteroatoms. The maximum atomic E-state index is 12.5. The second kappa shape index (κ2) is 14.9. The fourth-order valence-corrected chi connectivity index (χ4v) is 4.50. The number of benzene rings is 2. The zero-order valence-electron chi connectivity index (χ0n) is 24.3. The van der Waals surface area contributed by atoms with Gasteiger partial charge in [-0.25, -0.2) is 4.79 Å². The Hall–Kier alpha value is -2.73. The van der Waals surface area contributed by atoms with Crippen LogP contribution in [0.1, 0.15) is 75.0 Å². The molecule has 1 saturated heterocycles. The van der Waals surface area contributed by atoms with Gasteiger partial charge in [0.25, 0.3) is 0 Å². The number of aliphatic carboxylic acids is 1. The van der Waals surface area contributed by atoms with Gasteiger partial charge in [0.1, 0.15) is 5.75 Å². The highest BCUT2D eigenvalue weighted by molar-refractivity contribution is 7.98. The van der Waals surface area contributed by atoms with Crippen molar-refractivity contribution in [2.45, 2.75) is 79.2 Å². The highest BCUT2D eigenvalue weighted by Gasteiger charge is 2.30. The van der Waals surface area contributed by atoms with Gasteiger partial charge >= 0.3 is 5.97 Å². The summed E-state index contributed by atoms with van der Waals surface area (Å²) < 4.78 is 5.58. The largest absolute Gasteiger partial charge is 0.478 e. The van der Waals surface area contributed by atoms with E-state index in [0.717, 1.165) is 41.8 Å². The number of ether oxygens (including phenoxy) is 1. The third-order valence-electron chi connectivity index (χ3n) is 6.33. The molecule has 2 aromatic carbocycles. The lowest BCUT2D eigenvalue weighted by Gasteiger charge is -2.24. The molecule has 2 aromatic rings. The smallest absolute Gasteiger partial charge is 0.347 e. The summed E-state index contributed by atoms with van der Waals surface area (Å²) in [4.78, 5) is 26.9. The lowest BCUT2D eigenvalue weighted by Crippen LogP contribution is -2.38. The van der Waals surface area contributed by atoms with Crippen LogP contribution in [0, 0.1) is 26.7 Å². The van der Waals surface area contributed by atoms with Gasteiger partial charge in [0, 0.05) is 35.2 Å². The quantitative estimate of drug-likeness (QED) is 0.294. The molecule has 5 nitrogen and oxygen atoms in total. The fraction of sp³-hybridized carbons (Fsp3) is 0.484. The summed E-state index contributed by atoms with van der Waals surface area (Å²) in [6, 6.07) is 11.9. The van der Waals surface area contributed by atoms with Crippen LogP contribution in [0.25, 0.3) is 0 Å². The normalized spacial score (nSPS) is 15.2. The summed E-state index contributed by atoms with van der Waals surface area (Å²) in [6.07, 6.45) is 5.12. The first-order chi connectivity index (χ1) is 17.4. The summed E-state index contributed by atoms with van der Waals surface area (Å²) in [7, 11) is 0. The third-order valence-corrected chi connectivity index (χ3v) is 7.07. The number of carbonyl (C=O) groups excluding carboxylic acids is 1. The Morgan fingerprint density at radius 3 is 2.08 bits per heavy atom. The lowest BCUT2D eigenvalue weighted by molar-refractivity contribution is -0.152. The molecular formula is C31H45NO4S. The molecule has 37 heavy (non-hydrogen) atoms. The third kappa shape index (κ3) is 9.26. The Bertz CT molecular complexity index is 1050. The van der Waals surface area contributed by atoms with Gasteiger partial charge in [0.2, 0.25) is 0 Å². The van der Waals surface area contributed by atoms with Crippen LogP contribution in [0.15, 0.2) is 53.1 Å². The number of likely N-dealkylation sites (tertiary alicyclic amines) is 1. The fourth-order valence-electron chi connectivity index (χ4n) is 4.09. The Morgan fingerprint density at radius 1 is 1.08 bits per heavy atom. The van der Waals surface area contributed by atoms with Crippen molar-refractivity contribution >= 4 is 23.5 Å². The summed E-state index contributed by atoms with van der Waals surface area (Å²) in [5, 5.41) is 9.01. The van der Waals surface area contributed by atoms with E-state index in [9.17, 15) is 9.59 Å². The molecule has 1 aliphatic rings. The molecule has 0 radical (unpaired) electrons. The van der Waals surface area contributed by atoms with Crippen LogP contribution in [0.3, 0.4) is 0 Å². The molecule has 0 spiro atoms. The standard InChI is InChI=1S/C16H21NOS.C13H18O3.C2H6/c1-4-12(2)17-10-9-14(11-17)16(18)13-5-7-15(19-3)8-6-13;1-8-6-9(2)11(10(3)7-8)16-13(4,5)12(14)15;1-2/h4-8,14H,9-11H2,1-3H3;6-7H,1-5H3,(H,14,15);1-2H3/b12-4-;;. The molecule has 0 aliphatic carbocycles. The van der Waals surface area contributed by atoms with Gasteiger partial charge in [-0.3, -0.25) is 4.79 Å². The van der Waals surface area contributed by atoms with Crippen molar-refractivity contribution in [3.05, 3.63) is 70.4 Å². The SMILES string of the molecule is C/C=C(/C)N1CCC(C(=O)c2ccc(SC)cc2)C1.CC.Cc1cc(C)c(OC(C)(C)C(=O)O)c(C)c1. The second-order valence-electron chi connectivity index (χ2n) is 9.60. The van der Waals surface area contributed by atoms with E-state index >= 15 is 0 Å². The van der Waals surface area contributed by atoms with Crippen LogP contribution in [-0.2, 0) is 4.79 Å². The van der Waals surface area contributed by atoms with Crippen molar-refractivity contribution < 1.29 is 19.4 Å². The van der Waals surface area contributed by atoms with Gasteiger partial charge in [-0.15, -0.1) is 11.8 Å². The Kier molecular flexibility index (Phi) is 13.0. The zero-order chi connectivity index (χ0) is 28.3. The van der Waals surface area contributed by atoms with Crippen LogP contribution < -0.4 is 4.74 Å². The van der Waals surface area contributed by atoms with E-state index in [1.54, 1.807) is 25.6 Å². The Balaban J connectivity index is 0.000000352. The van der Waals surface area contributed by atoms with Gasteiger partial charge in [-0.05, 0) is 84.4 Å². The number of hydrogen-bond acceptors (Lipinski definition) is 5. The highest BCUT2D eigenvalue weighted by Crippen LogP contribution is 2.28. The number of hydrogen-bond donors (Lipinski definition) is 1. The van der Waals surface area contributed by atoms with Gasteiger partial charge in [0.05, 0.1) is 0 Å². The monoisotopic (exact) mass is 527 g/mol. The van der Waals surface area contributed by atoms with Crippen molar-refractivity contribution in [1.29, 1.82) is 0 Å². The van der Waals surface area contributed by atoms with Gasteiger partial charge in [0.15, 0.2) is 11.4 Å². The maximum Gasteiger partial charge on any atom is 0.347 e. The van der Waals surface area contributed by atoms with E-state index < -0.39 is 11.6 Å². The molecule has 1 heterocycles. The lowest BCUT2D eigenvalue weighted by atomic mass is 9.97. The van der Waals surface area contributed by atoms with Gasteiger partial charge < -0.3 is 14.7 Å². The molecule has 1 atom stereocenters. The molecule has 3 rings (SSSR count). The number of carbonyl (C=O) groups is 2. The minimum absolute atomic E-state index is 0.148. The number of aryl methyl sites for hydroxylation is 3. The molecule has 204 valence electrons. The van der Waals surface area contributed by atoms with Crippen LogP contribution in [-0.4, -0.2) is 46.7 Å². The van der Waals surface area contributed by atoms with Crippen LogP contribution >= 0.6 is 11.8 Å². The minimum atomic E-state index is -1.20. The number of nitrogens with zero attached hydrogens (tertiary/aromatic N) is 1. The summed E-state index contributed by atoms with van der Waals surface area (Å²) in [5.74, 6) is 0.138. The van der Waals surface area contributed by atoms with Crippen molar-refractivity contribution in [2.24, 2.45) is 5.92 Å². The molecule has 0 bridgehead atoms.